The Morgan fingerprint density at radius 1 is 1.29 bits per heavy atom. The number of aromatic nitrogens is 1. The van der Waals surface area contributed by atoms with Crippen molar-refractivity contribution in [3.05, 3.63) is 52.2 Å². The summed E-state index contributed by atoms with van der Waals surface area (Å²) in [4.78, 5) is 13.0. The van der Waals surface area contributed by atoms with Crippen LogP contribution in [0.15, 0.2) is 36.4 Å². The van der Waals surface area contributed by atoms with Crippen LogP contribution in [0.3, 0.4) is 0 Å². The fourth-order valence-electron chi connectivity index (χ4n) is 2.97. The Labute approximate surface area is 122 Å². The van der Waals surface area contributed by atoms with Crippen LogP contribution in [0, 0.1) is 10.1 Å². The molecule has 0 spiro atoms. The molecular formula is C15H17N3O3. The Bertz CT molecular complexity index is 708. The summed E-state index contributed by atoms with van der Waals surface area (Å²) in [6.45, 7) is 2.58. The second-order valence-electron chi connectivity index (χ2n) is 5.71. The van der Waals surface area contributed by atoms with Gasteiger partial charge in [0.05, 0.1) is 0 Å². The smallest absolute Gasteiger partial charge is 0.328 e. The first-order valence-electron chi connectivity index (χ1n) is 6.72. The molecule has 1 aliphatic heterocycles. The Balaban J connectivity index is 2.25. The molecule has 0 N–H and O–H groups in total. The Hall–Kier alpha value is -2.34. The number of hydrogen-bond donors (Lipinski definition) is 0. The zero-order valence-corrected chi connectivity index (χ0v) is 12.2. The number of ether oxygens (including phenoxy) is 1. The van der Waals surface area contributed by atoms with Crippen molar-refractivity contribution in [3.8, 4) is 11.4 Å². The van der Waals surface area contributed by atoms with E-state index in [1.165, 1.54) is 6.07 Å². The van der Waals surface area contributed by atoms with Crippen molar-refractivity contribution in [2.75, 3.05) is 20.6 Å². The number of rotatable bonds is 3. The van der Waals surface area contributed by atoms with Crippen molar-refractivity contribution >= 4 is 5.82 Å². The van der Waals surface area contributed by atoms with Gasteiger partial charge in [0.2, 0.25) is 0 Å². The van der Waals surface area contributed by atoms with Crippen LogP contribution in [0.4, 0.5) is 5.82 Å². The van der Waals surface area contributed by atoms with Crippen LogP contribution >= 0.6 is 0 Å². The first kappa shape index (κ1) is 13.6. The third kappa shape index (κ3) is 2.08. The van der Waals surface area contributed by atoms with Crippen LogP contribution in [-0.4, -0.2) is 35.0 Å². The molecule has 6 heteroatoms. The van der Waals surface area contributed by atoms with Gasteiger partial charge in [-0.15, -0.1) is 0 Å². The summed E-state index contributed by atoms with van der Waals surface area (Å²) in [5, 5.41) is 11.3. The number of fused-ring (bicyclic) bond motifs is 3. The van der Waals surface area contributed by atoms with Gasteiger partial charge in [-0.2, -0.15) is 4.57 Å². The third-order valence-corrected chi connectivity index (χ3v) is 3.65. The molecule has 0 fully saturated rings. The standard InChI is InChI=1S/C15H17N3O3/c1-15(10-16(2)3)13-8-9-14(18(19)20)17(13)11-6-4-5-7-12(11)21-15/h4-9H,10H2,1-3H3. The highest BCUT2D eigenvalue weighted by molar-refractivity contribution is 5.56. The molecule has 2 aromatic rings. The first-order chi connectivity index (χ1) is 9.92. The number of benzene rings is 1. The van der Waals surface area contributed by atoms with Gasteiger partial charge in [-0.3, -0.25) is 0 Å². The van der Waals surface area contributed by atoms with Crippen LogP contribution < -0.4 is 4.74 Å². The molecule has 0 saturated carbocycles. The Morgan fingerprint density at radius 3 is 2.67 bits per heavy atom. The molecule has 0 saturated heterocycles. The summed E-state index contributed by atoms with van der Waals surface area (Å²) in [6, 6.07) is 10.7. The molecule has 1 atom stereocenters. The number of likely N-dealkylation sites (N-methyl/N-ethyl adjacent to an activating group) is 1. The maximum absolute atomic E-state index is 11.3. The van der Waals surface area contributed by atoms with Gasteiger partial charge in [0.15, 0.2) is 22.7 Å². The molecule has 3 rings (SSSR count). The van der Waals surface area contributed by atoms with E-state index in [4.69, 9.17) is 4.74 Å². The lowest BCUT2D eigenvalue weighted by molar-refractivity contribution is -0.391. The lowest BCUT2D eigenvalue weighted by Crippen LogP contribution is -2.43. The molecule has 0 amide bonds. The molecule has 0 aliphatic carbocycles. The topological polar surface area (TPSA) is 60.5 Å². The maximum Gasteiger partial charge on any atom is 0.328 e. The first-order valence-corrected chi connectivity index (χ1v) is 6.72. The minimum atomic E-state index is -0.633. The number of para-hydroxylation sites is 2. The number of hydrogen-bond acceptors (Lipinski definition) is 4. The normalized spacial score (nSPS) is 19.8. The van der Waals surface area contributed by atoms with Crippen molar-refractivity contribution in [2.24, 2.45) is 0 Å². The van der Waals surface area contributed by atoms with E-state index in [1.54, 1.807) is 10.6 Å². The van der Waals surface area contributed by atoms with Gasteiger partial charge in [0, 0.05) is 12.6 Å². The van der Waals surface area contributed by atoms with Crippen LogP contribution in [0.5, 0.6) is 5.75 Å². The summed E-state index contributed by atoms with van der Waals surface area (Å²) in [6.07, 6.45) is 0. The fraction of sp³-hybridized carbons (Fsp3) is 0.333. The Kier molecular flexibility index (Phi) is 2.98. The van der Waals surface area contributed by atoms with E-state index in [0.717, 1.165) is 5.69 Å². The van der Waals surface area contributed by atoms with Crippen LogP contribution in [-0.2, 0) is 5.60 Å². The summed E-state index contributed by atoms with van der Waals surface area (Å²) in [5.41, 5.74) is 0.869. The van der Waals surface area contributed by atoms with Crippen LogP contribution in [0.1, 0.15) is 12.6 Å². The molecule has 1 aromatic carbocycles. The fourth-order valence-corrected chi connectivity index (χ4v) is 2.97. The van der Waals surface area contributed by atoms with E-state index in [-0.39, 0.29) is 10.7 Å². The molecule has 0 bridgehead atoms. The van der Waals surface area contributed by atoms with E-state index < -0.39 is 5.60 Å². The van der Waals surface area contributed by atoms with Crippen molar-refractivity contribution in [1.29, 1.82) is 0 Å². The van der Waals surface area contributed by atoms with E-state index in [0.29, 0.717) is 18.0 Å². The quantitative estimate of drug-likeness (QED) is 0.643. The highest BCUT2D eigenvalue weighted by Crippen LogP contribution is 2.42. The van der Waals surface area contributed by atoms with Gasteiger partial charge in [-0.05, 0) is 44.1 Å². The zero-order chi connectivity index (χ0) is 15.2. The molecule has 2 heterocycles. The molecule has 6 nitrogen and oxygen atoms in total. The van der Waals surface area contributed by atoms with Crippen molar-refractivity contribution in [2.45, 2.75) is 12.5 Å². The zero-order valence-electron chi connectivity index (χ0n) is 12.2. The summed E-state index contributed by atoms with van der Waals surface area (Å²) < 4.78 is 7.85. The van der Waals surface area contributed by atoms with Gasteiger partial charge in [0.25, 0.3) is 0 Å². The molecule has 21 heavy (non-hydrogen) atoms. The largest absolute Gasteiger partial charge is 0.473 e. The predicted molar refractivity (Wildman–Crippen MR) is 79.0 cm³/mol. The van der Waals surface area contributed by atoms with Crippen molar-refractivity contribution < 1.29 is 9.66 Å². The van der Waals surface area contributed by atoms with Crippen molar-refractivity contribution in [3.63, 3.8) is 0 Å². The molecule has 0 radical (unpaired) electrons. The highest BCUT2D eigenvalue weighted by atomic mass is 16.6. The molecule has 1 aromatic heterocycles. The minimum Gasteiger partial charge on any atom is -0.473 e. The van der Waals surface area contributed by atoms with E-state index in [9.17, 15) is 10.1 Å². The number of nitrogens with zero attached hydrogens (tertiary/aromatic N) is 3. The van der Waals surface area contributed by atoms with Gasteiger partial charge in [0.1, 0.15) is 0 Å². The lowest BCUT2D eigenvalue weighted by Gasteiger charge is -2.35. The Morgan fingerprint density at radius 2 is 2.00 bits per heavy atom. The minimum absolute atomic E-state index is 0.0609. The second-order valence-corrected chi connectivity index (χ2v) is 5.71. The average Bonchev–Trinajstić information content (AvgIpc) is 2.83. The summed E-state index contributed by atoms with van der Waals surface area (Å²) in [5.74, 6) is 0.722. The van der Waals surface area contributed by atoms with Gasteiger partial charge in [-0.25, -0.2) is 0 Å². The third-order valence-electron chi connectivity index (χ3n) is 3.65. The summed E-state index contributed by atoms with van der Waals surface area (Å²) >= 11 is 0. The number of nitro groups is 1. The molecule has 1 aliphatic rings. The van der Waals surface area contributed by atoms with Gasteiger partial charge < -0.3 is 19.8 Å². The van der Waals surface area contributed by atoms with Crippen molar-refractivity contribution in [1.82, 2.24) is 9.47 Å². The second kappa shape index (κ2) is 4.60. The monoisotopic (exact) mass is 287 g/mol. The van der Waals surface area contributed by atoms with Gasteiger partial charge in [-0.1, -0.05) is 12.1 Å². The SMILES string of the molecule is CN(C)CC1(C)Oc2ccccc2-n2c([N+](=O)[O-])ccc21. The van der Waals surface area contributed by atoms with E-state index in [1.807, 2.05) is 50.2 Å². The van der Waals surface area contributed by atoms with Crippen LogP contribution in [0.25, 0.3) is 5.69 Å². The van der Waals surface area contributed by atoms with Gasteiger partial charge >= 0.3 is 5.82 Å². The van der Waals surface area contributed by atoms with E-state index in [2.05, 4.69) is 0 Å². The molecule has 1 unspecified atom stereocenters. The summed E-state index contributed by atoms with van der Waals surface area (Å²) in [7, 11) is 3.91. The van der Waals surface area contributed by atoms with Crippen LogP contribution in [0.2, 0.25) is 0 Å². The average molecular weight is 287 g/mol. The molecular weight excluding hydrogens is 270 g/mol. The molecule has 110 valence electrons. The van der Waals surface area contributed by atoms with E-state index >= 15 is 0 Å². The highest BCUT2D eigenvalue weighted by Gasteiger charge is 2.43. The predicted octanol–water partition coefficient (Wildman–Crippen LogP) is 2.55. The maximum atomic E-state index is 11.3. The lowest BCUT2D eigenvalue weighted by atomic mass is 9.99.